The van der Waals surface area contributed by atoms with E-state index in [1.165, 1.54) is 12.1 Å². The molecule has 2 bridgehead atoms. The van der Waals surface area contributed by atoms with Crippen molar-refractivity contribution in [2.75, 3.05) is 43.4 Å². The van der Waals surface area contributed by atoms with Gasteiger partial charge in [0.15, 0.2) is 5.82 Å². The van der Waals surface area contributed by atoms with E-state index in [0.717, 1.165) is 56.7 Å². The molecule has 222 valence electrons. The van der Waals surface area contributed by atoms with Crippen molar-refractivity contribution in [3.05, 3.63) is 41.5 Å². The van der Waals surface area contributed by atoms with E-state index in [0.29, 0.717) is 41.8 Å². The van der Waals surface area contributed by atoms with Crippen LogP contribution in [0.15, 0.2) is 24.3 Å². The van der Waals surface area contributed by atoms with Crippen molar-refractivity contribution < 1.29 is 17.9 Å². The van der Waals surface area contributed by atoms with E-state index in [1.807, 2.05) is 0 Å². The van der Waals surface area contributed by atoms with Crippen LogP contribution >= 0.6 is 11.3 Å². The highest BCUT2D eigenvalue weighted by Crippen LogP contribution is 2.44. The molecule has 4 aliphatic rings. The monoisotopic (exact) mass is 605 g/mol. The third-order valence-corrected chi connectivity index (χ3v) is 10.8. The van der Waals surface area contributed by atoms with Crippen LogP contribution in [0.2, 0.25) is 0 Å². The van der Waals surface area contributed by atoms with Crippen molar-refractivity contribution in [2.45, 2.75) is 55.9 Å². The molecule has 43 heavy (non-hydrogen) atoms. The Hall–Kier alpha value is -3.66. The van der Waals surface area contributed by atoms with Gasteiger partial charge >= 0.3 is 6.01 Å². The first kappa shape index (κ1) is 26.9. The van der Waals surface area contributed by atoms with Crippen molar-refractivity contribution in [1.82, 2.24) is 20.2 Å². The summed E-state index contributed by atoms with van der Waals surface area (Å²) in [5.41, 5.74) is 6.40. The molecule has 6 heterocycles. The van der Waals surface area contributed by atoms with E-state index in [4.69, 9.17) is 15.5 Å². The lowest BCUT2D eigenvalue weighted by molar-refractivity contribution is 0.107. The van der Waals surface area contributed by atoms with Crippen LogP contribution in [0.25, 0.3) is 32.1 Å². The molecule has 0 spiro atoms. The van der Waals surface area contributed by atoms with Crippen LogP contribution in [0.1, 0.15) is 37.7 Å². The van der Waals surface area contributed by atoms with Crippen molar-refractivity contribution in [3.63, 3.8) is 0 Å². The number of thiophene rings is 1. The number of rotatable bonds is 5. The summed E-state index contributed by atoms with van der Waals surface area (Å²) in [6, 6.07) is 8.92. The minimum Gasteiger partial charge on any atom is -0.461 e. The van der Waals surface area contributed by atoms with Crippen molar-refractivity contribution >= 4 is 43.1 Å². The Morgan fingerprint density at radius 2 is 1.91 bits per heavy atom. The topological polar surface area (TPSA) is 103 Å². The lowest BCUT2D eigenvalue weighted by Crippen LogP contribution is -2.51. The van der Waals surface area contributed by atoms with E-state index < -0.39 is 23.3 Å². The number of benzene rings is 2. The number of piperazine rings is 1. The van der Waals surface area contributed by atoms with Crippen LogP contribution in [0.4, 0.5) is 24.0 Å². The molecule has 4 saturated heterocycles. The fourth-order valence-corrected chi connectivity index (χ4v) is 8.73. The van der Waals surface area contributed by atoms with Gasteiger partial charge in [0.1, 0.15) is 41.0 Å². The Balaban J connectivity index is 1.26. The predicted octanol–water partition coefficient (Wildman–Crippen LogP) is 5.14. The molecule has 3 N–H and O–H groups in total. The maximum atomic E-state index is 16.7. The summed E-state index contributed by atoms with van der Waals surface area (Å²) < 4.78 is 52.3. The quantitative estimate of drug-likeness (QED) is 0.323. The first-order valence-corrected chi connectivity index (χ1v) is 15.6. The Kier molecular flexibility index (Phi) is 6.22. The molecule has 0 amide bonds. The molecule has 2 aromatic carbocycles. The van der Waals surface area contributed by atoms with Crippen LogP contribution < -0.4 is 20.7 Å². The molecule has 8 rings (SSSR count). The summed E-state index contributed by atoms with van der Waals surface area (Å²) in [6.45, 7) is 2.92. The summed E-state index contributed by atoms with van der Waals surface area (Å²) in [6.07, 6.45) is 3.45. The van der Waals surface area contributed by atoms with Gasteiger partial charge in [0.2, 0.25) is 0 Å². The van der Waals surface area contributed by atoms with Crippen molar-refractivity contribution in [1.29, 1.82) is 5.26 Å². The van der Waals surface area contributed by atoms with Crippen LogP contribution in [0.3, 0.4) is 0 Å². The molecule has 12 heteroatoms. The summed E-state index contributed by atoms with van der Waals surface area (Å²) in [7, 11) is 0. The molecule has 2 aromatic heterocycles. The van der Waals surface area contributed by atoms with E-state index in [-0.39, 0.29) is 44.3 Å². The highest BCUT2D eigenvalue weighted by molar-refractivity contribution is 7.23. The Morgan fingerprint density at radius 3 is 2.70 bits per heavy atom. The molecule has 0 radical (unpaired) electrons. The van der Waals surface area contributed by atoms with Crippen molar-refractivity contribution in [3.8, 4) is 23.2 Å². The van der Waals surface area contributed by atoms with Gasteiger partial charge in [0.05, 0.1) is 15.8 Å². The number of fused-ring (bicyclic) bond motifs is 5. The number of hydrogen-bond donors (Lipinski definition) is 2. The largest absolute Gasteiger partial charge is 0.461 e. The van der Waals surface area contributed by atoms with Crippen LogP contribution in [0, 0.1) is 23.0 Å². The maximum absolute atomic E-state index is 16.7. The zero-order valence-corrected chi connectivity index (χ0v) is 24.2. The number of nitriles is 1. The van der Waals surface area contributed by atoms with Gasteiger partial charge in [0.25, 0.3) is 0 Å². The van der Waals surface area contributed by atoms with Crippen LogP contribution in [-0.4, -0.2) is 71.4 Å². The van der Waals surface area contributed by atoms with Gasteiger partial charge in [-0.3, -0.25) is 4.90 Å². The molecular formula is C31H30F3N7OS. The van der Waals surface area contributed by atoms with Gasteiger partial charge in [-0.1, -0.05) is 12.1 Å². The number of halogens is 3. The number of anilines is 2. The summed E-state index contributed by atoms with van der Waals surface area (Å²) >= 11 is 0.973. The highest BCUT2D eigenvalue weighted by Gasteiger charge is 2.49. The van der Waals surface area contributed by atoms with Crippen molar-refractivity contribution in [2.24, 2.45) is 0 Å². The normalized spacial score (nSPS) is 26.8. The van der Waals surface area contributed by atoms with Crippen LogP contribution in [-0.2, 0) is 0 Å². The summed E-state index contributed by atoms with van der Waals surface area (Å²) in [5, 5.41) is 14.4. The number of alkyl halides is 1. The van der Waals surface area contributed by atoms with Gasteiger partial charge in [-0.15, -0.1) is 11.3 Å². The fourth-order valence-electron chi connectivity index (χ4n) is 7.78. The van der Waals surface area contributed by atoms with E-state index in [2.05, 4.69) is 26.2 Å². The number of aromatic nitrogens is 2. The summed E-state index contributed by atoms with van der Waals surface area (Å²) in [5.74, 6) is -0.535. The van der Waals surface area contributed by atoms with E-state index in [1.54, 1.807) is 12.1 Å². The zero-order chi connectivity index (χ0) is 29.5. The number of hydrogen-bond acceptors (Lipinski definition) is 9. The lowest BCUT2D eigenvalue weighted by Gasteiger charge is -2.34. The molecule has 4 aromatic rings. The molecule has 0 aliphatic carbocycles. The average Bonchev–Trinajstić information content (AvgIpc) is 3.73. The van der Waals surface area contributed by atoms with E-state index in [9.17, 15) is 14.0 Å². The maximum Gasteiger partial charge on any atom is 0.319 e. The Morgan fingerprint density at radius 1 is 1.12 bits per heavy atom. The molecular weight excluding hydrogens is 575 g/mol. The summed E-state index contributed by atoms with van der Waals surface area (Å²) in [4.78, 5) is 13.7. The standard InChI is InChI=1S/C31H30F3N7OS/c32-16-10-31(8-1-9-41(31)12-16)15-42-30-38-26-21(29(39-30)40-13-17-2-3-18(14-40)37-17)5-4-20(25(26)34)19-6-7-23(33)27-24(19)22(11-35)28(36)43-27/h4-7,16-18,37H,1-3,8-10,12-15,36H2/t16-,17?,18?,31+/m1/s1. The predicted molar refractivity (Wildman–Crippen MR) is 160 cm³/mol. The SMILES string of the molecule is N#Cc1c(N)sc2c(F)ccc(-c3ccc4c(N5CC6CCC(C5)N6)nc(OC[C@@]56CCCN5C[C@H](F)C6)nc4c3F)c12. The number of ether oxygens (including phenoxy) is 1. The Labute approximate surface area is 250 Å². The second-order valence-electron chi connectivity index (χ2n) is 12.3. The van der Waals surface area contributed by atoms with Gasteiger partial charge in [-0.2, -0.15) is 15.2 Å². The zero-order valence-electron chi connectivity index (χ0n) is 23.4. The molecule has 4 atom stereocenters. The molecule has 4 fully saturated rings. The third-order valence-electron chi connectivity index (χ3n) is 9.73. The number of nitrogens with zero attached hydrogens (tertiary/aromatic N) is 5. The van der Waals surface area contributed by atoms with Gasteiger partial charge in [0, 0.05) is 54.5 Å². The molecule has 0 saturated carbocycles. The second-order valence-corrected chi connectivity index (χ2v) is 13.4. The van der Waals surface area contributed by atoms with Gasteiger partial charge in [-0.05, 0) is 49.9 Å². The highest BCUT2D eigenvalue weighted by atomic mass is 32.1. The number of nitrogens with two attached hydrogens (primary N) is 1. The van der Waals surface area contributed by atoms with Gasteiger partial charge in [-0.25, -0.2) is 13.2 Å². The fraction of sp³-hybridized carbons (Fsp3) is 0.452. The molecule has 4 aliphatic heterocycles. The van der Waals surface area contributed by atoms with Crippen LogP contribution in [0.5, 0.6) is 6.01 Å². The first-order valence-electron chi connectivity index (χ1n) is 14.8. The molecule has 2 unspecified atom stereocenters. The number of nitrogens with one attached hydrogen (secondary N) is 1. The first-order chi connectivity index (χ1) is 20.8. The Bertz CT molecular complexity index is 1810. The lowest BCUT2D eigenvalue weighted by atomic mass is 9.95. The minimum atomic E-state index is -0.898. The third kappa shape index (κ3) is 4.24. The minimum absolute atomic E-state index is 0.0507. The molecule has 8 nitrogen and oxygen atoms in total. The second kappa shape index (κ2) is 9.94. The smallest absolute Gasteiger partial charge is 0.319 e. The van der Waals surface area contributed by atoms with Gasteiger partial charge < -0.3 is 20.7 Å². The van der Waals surface area contributed by atoms with E-state index >= 15 is 4.39 Å². The average molecular weight is 606 g/mol. The number of nitrogen functional groups attached to an aromatic ring is 1.